The summed E-state index contributed by atoms with van der Waals surface area (Å²) < 4.78 is 18.7. The van der Waals surface area contributed by atoms with Crippen LogP contribution >= 0.6 is 0 Å². The SMILES string of the molecule is COc1ccc(-c2ccc(OC)c(C3CN(c4nc(-c5ccncn5)cc(=O)n4C)CCO3)c2)cc1. The fourth-order valence-corrected chi connectivity index (χ4v) is 4.35. The van der Waals surface area contributed by atoms with Crippen LogP contribution < -0.4 is 19.9 Å². The molecule has 1 aliphatic rings. The lowest BCUT2D eigenvalue weighted by Crippen LogP contribution is -2.41. The summed E-state index contributed by atoms with van der Waals surface area (Å²) in [6, 6.07) is 17.2. The van der Waals surface area contributed by atoms with E-state index in [1.54, 1.807) is 38.1 Å². The van der Waals surface area contributed by atoms with Gasteiger partial charge < -0.3 is 19.1 Å². The Kier molecular flexibility index (Phi) is 6.64. The van der Waals surface area contributed by atoms with Crippen LogP contribution in [0.15, 0.2) is 71.9 Å². The van der Waals surface area contributed by atoms with Gasteiger partial charge in [0.15, 0.2) is 0 Å². The van der Waals surface area contributed by atoms with E-state index >= 15 is 0 Å². The van der Waals surface area contributed by atoms with E-state index in [4.69, 9.17) is 19.2 Å². The number of morpholine rings is 1. The van der Waals surface area contributed by atoms with Crippen molar-refractivity contribution >= 4 is 5.95 Å². The van der Waals surface area contributed by atoms with E-state index in [9.17, 15) is 4.79 Å². The molecule has 1 aliphatic heterocycles. The van der Waals surface area contributed by atoms with Gasteiger partial charge in [0.25, 0.3) is 5.56 Å². The first-order valence-corrected chi connectivity index (χ1v) is 11.6. The molecule has 9 nitrogen and oxygen atoms in total. The Morgan fingerprint density at radius 1 is 0.972 bits per heavy atom. The second kappa shape index (κ2) is 10.2. The molecular formula is C27H27N5O4. The molecule has 4 aromatic rings. The Bertz CT molecular complexity index is 1410. The summed E-state index contributed by atoms with van der Waals surface area (Å²) in [7, 11) is 5.04. The maximum absolute atomic E-state index is 12.8. The first-order valence-electron chi connectivity index (χ1n) is 11.6. The summed E-state index contributed by atoms with van der Waals surface area (Å²) in [4.78, 5) is 27.8. The van der Waals surface area contributed by atoms with Crippen LogP contribution in [0.4, 0.5) is 5.95 Å². The molecule has 0 aliphatic carbocycles. The van der Waals surface area contributed by atoms with Gasteiger partial charge in [0, 0.05) is 31.4 Å². The fourth-order valence-electron chi connectivity index (χ4n) is 4.35. The smallest absolute Gasteiger partial charge is 0.255 e. The van der Waals surface area contributed by atoms with Crippen LogP contribution in [0.2, 0.25) is 0 Å². The van der Waals surface area contributed by atoms with Crippen LogP contribution in [0.25, 0.3) is 22.5 Å². The van der Waals surface area contributed by atoms with Crippen molar-refractivity contribution in [1.29, 1.82) is 0 Å². The van der Waals surface area contributed by atoms with Crippen molar-refractivity contribution in [3.63, 3.8) is 0 Å². The zero-order chi connectivity index (χ0) is 25.1. The van der Waals surface area contributed by atoms with Gasteiger partial charge in [-0.2, -0.15) is 0 Å². The Labute approximate surface area is 209 Å². The third kappa shape index (κ3) is 4.65. The minimum Gasteiger partial charge on any atom is -0.497 e. The normalized spacial score (nSPS) is 15.5. The van der Waals surface area contributed by atoms with E-state index in [2.05, 4.69) is 20.9 Å². The van der Waals surface area contributed by atoms with Gasteiger partial charge in [0.1, 0.15) is 23.9 Å². The molecule has 0 bridgehead atoms. The number of hydrogen-bond donors (Lipinski definition) is 0. The topological polar surface area (TPSA) is 91.6 Å². The zero-order valence-electron chi connectivity index (χ0n) is 20.4. The molecule has 9 heteroatoms. The van der Waals surface area contributed by atoms with E-state index in [-0.39, 0.29) is 11.7 Å². The minimum absolute atomic E-state index is 0.157. The van der Waals surface area contributed by atoms with E-state index in [0.717, 1.165) is 28.2 Å². The molecule has 2 aromatic carbocycles. The van der Waals surface area contributed by atoms with Crippen molar-refractivity contribution in [3.8, 4) is 34.0 Å². The van der Waals surface area contributed by atoms with Gasteiger partial charge >= 0.3 is 0 Å². The lowest BCUT2D eigenvalue weighted by atomic mass is 9.98. The standard InChI is InChI=1S/C27H27N5O4/c1-31-26(33)15-23(22-10-11-28-17-29-22)30-27(31)32-12-13-36-25(16-32)21-14-19(6-9-24(21)35-3)18-4-7-20(34-2)8-5-18/h4-11,14-15,17,25H,12-13,16H2,1-3H3. The molecule has 0 N–H and O–H groups in total. The number of benzene rings is 2. The van der Waals surface area contributed by atoms with Gasteiger partial charge in [-0.1, -0.05) is 18.2 Å². The van der Waals surface area contributed by atoms with Crippen LogP contribution in [0.3, 0.4) is 0 Å². The molecule has 0 radical (unpaired) electrons. The van der Waals surface area contributed by atoms with Crippen molar-refractivity contribution in [1.82, 2.24) is 19.5 Å². The molecule has 5 rings (SSSR count). The summed E-state index contributed by atoms with van der Waals surface area (Å²) in [6.45, 7) is 1.59. The van der Waals surface area contributed by atoms with Crippen molar-refractivity contribution in [2.24, 2.45) is 7.05 Å². The predicted molar refractivity (Wildman–Crippen MR) is 136 cm³/mol. The molecule has 0 spiro atoms. The average molecular weight is 486 g/mol. The predicted octanol–water partition coefficient (Wildman–Crippen LogP) is 3.50. The molecule has 0 amide bonds. The number of aromatic nitrogens is 4. The van der Waals surface area contributed by atoms with Crippen molar-refractivity contribution < 1.29 is 14.2 Å². The quantitative estimate of drug-likeness (QED) is 0.410. The molecule has 1 unspecified atom stereocenters. The van der Waals surface area contributed by atoms with Crippen molar-refractivity contribution in [3.05, 3.63) is 83.0 Å². The largest absolute Gasteiger partial charge is 0.497 e. The molecule has 1 fully saturated rings. The van der Waals surface area contributed by atoms with Crippen LogP contribution in [0.1, 0.15) is 11.7 Å². The molecule has 1 saturated heterocycles. The fraction of sp³-hybridized carbons (Fsp3) is 0.259. The van der Waals surface area contributed by atoms with Crippen LogP contribution in [0, 0.1) is 0 Å². The third-order valence-corrected chi connectivity index (χ3v) is 6.30. The molecule has 1 atom stereocenters. The molecule has 0 saturated carbocycles. The van der Waals surface area contributed by atoms with Gasteiger partial charge in [0.2, 0.25) is 5.95 Å². The van der Waals surface area contributed by atoms with Gasteiger partial charge in [0.05, 0.1) is 38.8 Å². The van der Waals surface area contributed by atoms with Crippen molar-refractivity contribution in [2.75, 3.05) is 38.8 Å². The lowest BCUT2D eigenvalue weighted by Gasteiger charge is -2.35. The number of hydrogen-bond acceptors (Lipinski definition) is 8. The minimum atomic E-state index is -0.272. The Morgan fingerprint density at radius 3 is 2.50 bits per heavy atom. The van der Waals surface area contributed by atoms with Gasteiger partial charge in [-0.3, -0.25) is 9.36 Å². The van der Waals surface area contributed by atoms with Crippen molar-refractivity contribution in [2.45, 2.75) is 6.10 Å². The second-order valence-corrected chi connectivity index (χ2v) is 8.42. The summed E-state index contributed by atoms with van der Waals surface area (Å²) in [5.41, 5.74) is 4.00. The molecular weight excluding hydrogens is 458 g/mol. The monoisotopic (exact) mass is 485 g/mol. The third-order valence-electron chi connectivity index (χ3n) is 6.30. The first kappa shape index (κ1) is 23.5. The Morgan fingerprint density at radius 2 is 1.78 bits per heavy atom. The van der Waals surface area contributed by atoms with Crippen LogP contribution in [-0.2, 0) is 11.8 Å². The summed E-state index contributed by atoms with van der Waals surface area (Å²) in [6.07, 6.45) is 2.81. The lowest BCUT2D eigenvalue weighted by molar-refractivity contribution is 0.0375. The Balaban J connectivity index is 1.48. The number of anilines is 1. The summed E-state index contributed by atoms with van der Waals surface area (Å²) >= 11 is 0. The molecule has 184 valence electrons. The number of ether oxygens (including phenoxy) is 3. The maximum atomic E-state index is 12.8. The van der Waals surface area contributed by atoms with Crippen LogP contribution in [-0.4, -0.2) is 53.4 Å². The number of rotatable bonds is 6. The number of methoxy groups -OCH3 is 2. The highest BCUT2D eigenvalue weighted by molar-refractivity contribution is 5.67. The molecule has 3 heterocycles. The Hall–Kier alpha value is -4.24. The zero-order valence-corrected chi connectivity index (χ0v) is 20.4. The van der Waals surface area contributed by atoms with Gasteiger partial charge in [-0.05, 0) is 41.5 Å². The van der Waals surface area contributed by atoms with Gasteiger partial charge in [-0.25, -0.2) is 15.0 Å². The highest BCUT2D eigenvalue weighted by atomic mass is 16.5. The number of nitrogens with zero attached hydrogens (tertiary/aromatic N) is 5. The van der Waals surface area contributed by atoms with E-state index in [0.29, 0.717) is 37.0 Å². The maximum Gasteiger partial charge on any atom is 0.255 e. The second-order valence-electron chi connectivity index (χ2n) is 8.42. The van der Waals surface area contributed by atoms with Crippen LogP contribution in [0.5, 0.6) is 11.5 Å². The summed E-state index contributed by atoms with van der Waals surface area (Å²) in [5.74, 6) is 2.12. The summed E-state index contributed by atoms with van der Waals surface area (Å²) in [5, 5.41) is 0. The molecule has 36 heavy (non-hydrogen) atoms. The average Bonchev–Trinajstić information content (AvgIpc) is 2.94. The highest BCUT2D eigenvalue weighted by Gasteiger charge is 2.27. The van der Waals surface area contributed by atoms with Gasteiger partial charge in [-0.15, -0.1) is 0 Å². The van der Waals surface area contributed by atoms with E-state index in [1.807, 2.05) is 36.4 Å². The first-order chi connectivity index (χ1) is 17.6. The molecule has 2 aromatic heterocycles. The highest BCUT2D eigenvalue weighted by Crippen LogP contribution is 2.35. The van der Waals surface area contributed by atoms with E-state index in [1.165, 1.54) is 12.4 Å². The van der Waals surface area contributed by atoms with E-state index < -0.39 is 0 Å².